The molecule has 0 radical (unpaired) electrons. The molecule has 2 aliphatic rings. The van der Waals surface area contributed by atoms with Gasteiger partial charge in [-0.25, -0.2) is 4.98 Å². The first kappa shape index (κ1) is 16.8. The molecule has 0 aliphatic carbocycles. The Kier molecular flexibility index (Phi) is 4.62. The molecule has 4 rings (SSSR count). The monoisotopic (exact) mass is 373 g/mol. The third kappa shape index (κ3) is 3.63. The third-order valence-corrected chi connectivity index (χ3v) is 6.73. The summed E-state index contributed by atoms with van der Waals surface area (Å²) in [5.41, 5.74) is 1.18. The van der Waals surface area contributed by atoms with Crippen LogP contribution in [0.3, 0.4) is 0 Å². The number of Topliss-reactive ketones (excluding diaryl/α,β-unsaturated/α-hetero) is 1. The number of hydrogen-bond acceptors (Lipinski definition) is 6. The van der Waals surface area contributed by atoms with Crippen molar-refractivity contribution in [1.29, 1.82) is 0 Å². The van der Waals surface area contributed by atoms with Gasteiger partial charge in [-0.05, 0) is 43.5 Å². The number of hydrogen-bond donors (Lipinski definition) is 2. The van der Waals surface area contributed by atoms with Crippen molar-refractivity contribution in [3.63, 3.8) is 0 Å². The Bertz CT molecular complexity index is 803. The van der Waals surface area contributed by atoms with Crippen molar-refractivity contribution in [3.8, 4) is 0 Å². The summed E-state index contributed by atoms with van der Waals surface area (Å²) in [7, 11) is 0. The Morgan fingerprint density at radius 1 is 1.28 bits per heavy atom. The van der Waals surface area contributed by atoms with E-state index in [-0.39, 0.29) is 17.7 Å². The molecule has 5 nitrogen and oxygen atoms in total. The van der Waals surface area contributed by atoms with Gasteiger partial charge in [0, 0.05) is 40.9 Å². The maximum atomic E-state index is 12.4. The van der Waals surface area contributed by atoms with Crippen molar-refractivity contribution in [3.05, 3.63) is 40.9 Å². The summed E-state index contributed by atoms with van der Waals surface area (Å²) in [6, 6.07) is 8.80. The maximum absolute atomic E-state index is 12.4. The average molecular weight is 374 g/mol. The fourth-order valence-electron chi connectivity index (χ4n) is 3.48. The third-order valence-electron chi connectivity index (χ3n) is 4.78. The minimum atomic E-state index is -0.0229. The van der Waals surface area contributed by atoms with Gasteiger partial charge in [-0.1, -0.05) is 11.8 Å². The molecule has 2 aromatic rings. The molecular weight excluding hydrogens is 354 g/mol. The molecular formula is C18H19N3O2S2. The standard InChI is InChI=1S/C18H19N3O2S2/c1-10(22)16-9-24-18(21-16)25-13-5-2-11(3-6-13)17(23)20-15-8-12-4-7-14(15)19-12/h2-3,5-6,9,12,14-15,19H,4,7-8H2,1H3,(H,20,23)/t12-,14+,15-/m1/s1. The first-order valence-electron chi connectivity index (χ1n) is 8.40. The molecule has 2 saturated heterocycles. The second-order valence-electron chi connectivity index (χ2n) is 6.54. The van der Waals surface area contributed by atoms with Crippen LogP contribution < -0.4 is 10.6 Å². The van der Waals surface area contributed by atoms with Crippen LogP contribution in [-0.2, 0) is 0 Å². The molecule has 3 heterocycles. The molecule has 2 bridgehead atoms. The molecule has 1 aromatic heterocycles. The zero-order valence-corrected chi connectivity index (χ0v) is 15.5. The summed E-state index contributed by atoms with van der Waals surface area (Å²) in [6.07, 6.45) is 3.42. The van der Waals surface area contributed by atoms with Gasteiger partial charge in [0.05, 0.1) is 0 Å². The van der Waals surface area contributed by atoms with Crippen LogP contribution in [0.25, 0.3) is 0 Å². The minimum Gasteiger partial charge on any atom is -0.348 e. The van der Waals surface area contributed by atoms with E-state index in [0.29, 0.717) is 23.3 Å². The highest BCUT2D eigenvalue weighted by Crippen LogP contribution is 2.31. The smallest absolute Gasteiger partial charge is 0.251 e. The highest BCUT2D eigenvalue weighted by Gasteiger charge is 2.39. The van der Waals surface area contributed by atoms with Gasteiger partial charge >= 0.3 is 0 Å². The van der Waals surface area contributed by atoms with E-state index < -0.39 is 0 Å². The fraction of sp³-hybridized carbons (Fsp3) is 0.389. The highest BCUT2D eigenvalue weighted by atomic mass is 32.2. The first-order valence-corrected chi connectivity index (χ1v) is 10.1. The molecule has 3 atom stereocenters. The number of thiazole rings is 1. The lowest BCUT2D eigenvalue weighted by molar-refractivity contribution is 0.0930. The summed E-state index contributed by atoms with van der Waals surface area (Å²) < 4.78 is 0.829. The molecule has 2 fully saturated rings. The number of aromatic nitrogens is 1. The second-order valence-corrected chi connectivity index (χ2v) is 8.72. The van der Waals surface area contributed by atoms with Crippen molar-refractivity contribution >= 4 is 34.8 Å². The number of carbonyl (C=O) groups is 2. The number of benzene rings is 1. The molecule has 2 aliphatic heterocycles. The zero-order chi connectivity index (χ0) is 17.4. The highest BCUT2D eigenvalue weighted by molar-refractivity contribution is 8.01. The Balaban J connectivity index is 1.37. The molecule has 25 heavy (non-hydrogen) atoms. The van der Waals surface area contributed by atoms with Crippen LogP contribution in [0.2, 0.25) is 0 Å². The van der Waals surface area contributed by atoms with Gasteiger partial charge in [0.2, 0.25) is 0 Å². The number of nitrogens with zero attached hydrogens (tertiary/aromatic N) is 1. The van der Waals surface area contributed by atoms with Crippen molar-refractivity contribution in [2.24, 2.45) is 0 Å². The van der Waals surface area contributed by atoms with Gasteiger partial charge in [-0.15, -0.1) is 11.3 Å². The van der Waals surface area contributed by atoms with Crippen molar-refractivity contribution in [2.75, 3.05) is 0 Å². The number of amides is 1. The topological polar surface area (TPSA) is 71.1 Å². The molecule has 7 heteroatoms. The Morgan fingerprint density at radius 3 is 2.68 bits per heavy atom. The molecule has 0 saturated carbocycles. The summed E-state index contributed by atoms with van der Waals surface area (Å²) in [5, 5.41) is 8.46. The van der Waals surface area contributed by atoms with E-state index in [9.17, 15) is 9.59 Å². The average Bonchev–Trinajstić information content (AvgIpc) is 3.32. The van der Waals surface area contributed by atoms with Crippen molar-refractivity contribution in [2.45, 2.75) is 53.5 Å². The van der Waals surface area contributed by atoms with E-state index in [0.717, 1.165) is 22.1 Å². The number of nitrogens with one attached hydrogen (secondary N) is 2. The Labute approximate surface area is 154 Å². The molecule has 2 N–H and O–H groups in total. The molecule has 1 aromatic carbocycles. The van der Waals surface area contributed by atoms with Gasteiger partial charge in [0.1, 0.15) is 5.69 Å². The molecule has 0 spiro atoms. The van der Waals surface area contributed by atoms with Crippen molar-refractivity contribution in [1.82, 2.24) is 15.6 Å². The van der Waals surface area contributed by atoms with E-state index in [1.807, 2.05) is 24.3 Å². The quantitative estimate of drug-likeness (QED) is 0.788. The van der Waals surface area contributed by atoms with E-state index in [4.69, 9.17) is 0 Å². The summed E-state index contributed by atoms with van der Waals surface area (Å²) in [4.78, 5) is 29.0. The number of fused-ring (bicyclic) bond motifs is 2. The van der Waals surface area contributed by atoms with Crippen LogP contribution in [0, 0.1) is 0 Å². The molecule has 130 valence electrons. The summed E-state index contributed by atoms with van der Waals surface area (Å²) in [5.74, 6) is -0.0331. The van der Waals surface area contributed by atoms with Gasteiger partial charge in [-0.2, -0.15) is 0 Å². The summed E-state index contributed by atoms with van der Waals surface area (Å²) in [6.45, 7) is 1.52. The van der Waals surface area contributed by atoms with Crippen LogP contribution in [0.5, 0.6) is 0 Å². The minimum absolute atomic E-state index is 0.0102. The van der Waals surface area contributed by atoms with E-state index >= 15 is 0 Å². The van der Waals surface area contributed by atoms with E-state index in [1.54, 1.807) is 5.38 Å². The van der Waals surface area contributed by atoms with Gasteiger partial charge in [0.15, 0.2) is 10.1 Å². The number of ketones is 1. The Morgan fingerprint density at radius 2 is 2.08 bits per heavy atom. The zero-order valence-electron chi connectivity index (χ0n) is 13.8. The SMILES string of the molecule is CC(=O)c1csc(Sc2ccc(C(=O)N[C@@H]3C[C@H]4CC[C@@H]3N4)cc2)n1. The van der Waals surface area contributed by atoms with E-state index in [1.165, 1.54) is 36.4 Å². The summed E-state index contributed by atoms with van der Waals surface area (Å²) >= 11 is 2.96. The molecule has 0 unspecified atom stereocenters. The first-order chi connectivity index (χ1) is 12.1. The lowest BCUT2D eigenvalue weighted by atomic mass is 9.95. The van der Waals surface area contributed by atoms with Gasteiger partial charge in [-0.3, -0.25) is 9.59 Å². The van der Waals surface area contributed by atoms with E-state index in [2.05, 4.69) is 15.6 Å². The number of carbonyl (C=O) groups excluding carboxylic acids is 2. The normalized spacial score (nSPS) is 24.4. The Hall–Kier alpha value is -1.70. The largest absolute Gasteiger partial charge is 0.348 e. The van der Waals surface area contributed by atoms with Crippen LogP contribution in [0.15, 0.2) is 38.9 Å². The van der Waals surface area contributed by atoms with Crippen LogP contribution in [0.1, 0.15) is 47.0 Å². The predicted molar refractivity (Wildman–Crippen MR) is 98.5 cm³/mol. The van der Waals surface area contributed by atoms with Crippen molar-refractivity contribution < 1.29 is 9.59 Å². The van der Waals surface area contributed by atoms with Gasteiger partial charge < -0.3 is 10.6 Å². The lowest BCUT2D eigenvalue weighted by Crippen LogP contribution is -2.42. The molecule has 1 amide bonds. The van der Waals surface area contributed by atoms with Crippen LogP contribution >= 0.6 is 23.1 Å². The predicted octanol–water partition coefficient (Wildman–Crippen LogP) is 3.12. The maximum Gasteiger partial charge on any atom is 0.251 e. The van der Waals surface area contributed by atoms with Crippen LogP contribution in [0.4, 0.5) is 0 Å². The second kappa shape index (κ2) is 6.90. The van der Waals surface area contributed by atoms with Gasteiger partial charge in [0.25, 0.3) is 5.91 Å². The fourth-order valence-corrected chi connectivity index (χ4v) is 5.30. The van der Waals surface area contributed by atoms with Crippen LogP contribution in [-0.4, -0.2) is 34.8 Å². The number of rotatable bonds is 5. The lowest BCUT2D eigenvalue weighted by Gasteiger charge is -2.21.